The molecule has 8 nitrogen and oxygen atoms in total. The molecule has 0 radical (unpaired) electrons. The van der Waals surface area contributed by atoms with Gasteiger partial charge in [0.05, 0.1) is 9.82 Å². The van der Waals surface area contributed by atoms with E-state index in [0.29, 0.717) is 37.0 Å². The Balaban J connectivity index is 1.97. The number of aromatic nitrogens is 2. The highest BCUT2D eigenvalue weighted by Crippen LogP contribution is 2.43. The molecule has 0 atom stereocenters. The van der Waals surface area contributed by atoms with Crippen molar-refractivity contribution in [3.63, 3.8) is 0 Å². The van der Waals surface area contributed by atoms with E-state index in [1.807, 2.05) is 6.92 Å². The van der Waals surface area contributed by atoms with Crippen LogP contribution in [-0.2, 0) is 20.2 Å². The van der Waals surface area contributed by atoms with Gasteiger partial charge in [0.25, 0.3) is 15.7 Å². The minimum Gasteiger partial charge on any atom is -0.381 e. The minimum absolute atomic E-state index is 0.0910. The maximum atomic E-state index is 13.1. The van der Waals surface area contributed by atoms with Gasteiger partial charge in [-0.05, 0) is 31.0 Å². The van der Waals surface area contributed by atoms with Gasteiger partial charge in [-0.1, -0.05) is 25.1 Å². The van der Waals surface area contributed by atoms with Crippen molar-refractivity contribution in [1.29, 1.82) is 0 Å². The Morgan fingerprint density at radius 2 is 1.86 bits per heavy atom. The molecule has 0 bridgehead atoms. The zero-order chi connectivity index (χ0) is 19.9. The number of hydrogen-bond donors (Lipinski definition) is 0. The van der Waals surface area contributed by atoms with Gasteiger partial charge in [-0.2, -0.15) is 0 Å². The van der Waals surface area contributed by atoms with Gasteiger partial charge in [0.15, 0.2) is 5.65 Å². The van der Waals surface area contributed by atoms with Crippen LogP contribution in [0.3, 0.4) is 0 Å². The van der Waals surface area contributed by atoms with Crippen LogP contribution < -0.4 is 0 Å². The standard InChI is InChI=1S/C19H19N3O5S/c1-19(8-11-27-12-9-19)17-15-7-10-21(18(15)20-13-16(17)22(23)24)28(25,26)14-5-3-2-4-6-14/h2-7,10,13H,8-9,11-12H2,1H3. The summed E-state index contributed by atoms with van der Waals surface area (Å²) in [5.74, 6) is 0. The Kier molecular flexibility index (Phi) is 4.43. The fourth-order valence-corrected chi connectivity index (χ4v) is 5.12. The lowest BCUT2D eigenvalue weighted by Crippen LogP contribution is -2.31. The first-order valence-electron chi connectivity index (χ1n) is 8.88. The van der Waals surface area contributed by atoms with Gasteiger partial charge in [-0.25, -0.2) is 17.4 Å². The van der Waals surface area contributed by atoms with Crippen molar-refractivity contribution in [2.45, 2.75) is 30.1 Å². The molecular weight excluding hydrogens is 382 g/mol. The normalized spacial score (nSPS) is 16.9. The summed E-state index contributed by atoms with van der Waals surface area (Å²) in [6.07, 6.45) is 3.80. The monoisotopic (exact) mass is 401 g/mol. The summed E-state index contributed by atoms with van der Waals surface area (Å²) in [6, 6.07) is 9.64. The number of benzene rings is 1. The molecule has 9 heteroatoms. The summed E-state index contributed by atoms with van der Waals surface area (Å²) in [4.78, 5) is 15.5. The first-order chi connectivity index (χ1) is 13.3. The molecule has 2 aromatic heterocycles. The summed E-state index contributed by atoms with van der Waals surface area (Å²) in [6.45, 7) is 2.96. The number of pyridine rings is 1. The van der Waals surface area contributed by atoms with E-state index in [1.165, 1.54) is 18.3 Å². The van der Waals surface area contributed by atoms with Crippen LogP contribution in [0.1, 0.15) is 25.3 Å². The average molecular weight is 401 g/mol. The number of nitrogens with zero attached hydrogens (tertiary/aromatic N) is 3. The molecule has 0 amide bonds. The van der Waals surface area contributed by atoms with E-state index in [4.69, 9.17) is 4.74 Å². The predicted octanol–water partition coefficient (Wildman–Crippen LogP) is 3.25. The molecule has 3 aromatic rings. The molecule has 3 heterocycles. The Bertz CT molecular complexity index is 1150. The van der Waals surface area contributed by atoms with Crippen molar-refractivity contribution in [1.82, 2.24) is 8.96 Å². The quantitative estimate of drug-likeness (QED) is 0.491. The van der Waals surface area contributed by atoms with Gasteiger partial charge < -0.3 is 4.74 Å². The van der Waals surface area contributed by atoms with E-state index in [-0.39, 0.29) is 16.2 Å². The zero-order valence-corrected chi connectivity index (χ0v) is 16.1. The minimum atomic E-state index is -3.86. The van der Waals surface area contributed by atoms with Crippen LogP contribution in [0.5, 0.6) is 0 Å². The number of nitro groups is 1. The Morgan fingerprint density at radius 3 is 2.50 bits per heavy atom. The first kappa shape index (κ1) is 18.6. The fraction of sp³-hybridized carbons (Fsp3) is 0.316. The van der Waals surface area contributed by atoms with Crippen molar-refractivity contribution >= 4 is 26.7 Å². The Hall–Kier alpha value is -2.78. The highest BCUT2D eigenvalue weighted by molar-refractivity contribution is 7.90. The first-order valence-corrected chi connectivity index (χ1v) is 10.3. The lowest BCUT2D eigenvalue weighted by molar-refractivity contribution is -0.386. The maximum Gasteiger partial charge on any atom is 0.292 e. The molecule has 28 heavy (non-hydrogen) atoms. The summed E-state index contributed by atoms with van der Waals surface area (Å²) in [5, 5.41) is 12.2. The lowest BCUT2D eigenvalue weighted by atomic mass is 9.74. The third-order valence-electron chi connectivity index (χ3n) is 5.36. The van der Waals surface area contributed by atoms with Crippen LogP contribution in [0.2, 0.25) is 0 Å². The number of hydrogen-bond acceptors (Lipinski definition) is 6. The number of rotatable bonds is 4. The highest BCUT2D eigenvalue weighted by Gasteiger charge is 2.38. The van der Waals surface area contributed by atoms with Crippen LogP contribution in [0.25, 0.3) is 11.0 Å². The van der Waals surface area contributed by atoms with E-state index < -0.39 is 20.4 Å². The van der Waals surface area contributed by atoms with E-state index in [9.17, 15) is 18.5 Å². The summed E-state index contributed by atoms with van der Waals surface area (Å²) in [5.41, 5.74) is 0.126. The van der Waals surface area contributed by atoms with E-state index in [1.54, 1.807) is 24.3 Å². The largest absolute Gasteiger partial charge is 0.381 e. The smallest absolute Gasteiger partial charge is 0.292 e. The lowest BCUT2D eigenvalue weighted by Gasteiger charge is -2.33. The summed E-state index contributed by atoms with van der Waals surface area (Å²) in [7, 11) is -3.86. The molecule has 146 valence electrons. The molecular formula is C19H19N3O5S. The van der Waals surface area contributed by atoms with Crippen molar-refractivity contribution in [2.75, 3.05) is 13.2 Å². The van der Waals surface area contributed by atoms with Crippen molar-refractivity contribution in [2.24, 2.45) is 0 Å². The topological polar surface area (TPSA) is 104 Å². The molecule has 1 fully saturated rings. The zero-order valence-electron chi connectivity index (χ0n) is 15.2. The van der Waals surface area contributed by atoms with Gasteiger partial charge in [0, 0.05) is 35.8 Å². The van der Waals surface area contributed by atoms with Crippen LogP contribution in [-0.4, -0.2) is 35.5 Å². The summed E-state index contributed by atoms with van der Waals surface area (Å²) >= 11 is 0. The predicted molar refractivity (Wildman–Crippen MR) is 103 cm³/mol. The van der Waals surface area contributed by atoms with Crippen molar-refractivity contribution in [3.8, 4) is 0 Å². The second kappa shape index (κ2) is 6.68. The molecule has 0 N–H and O–H groups in total. The van der Waals surface area contributed by atoms with Crippen molar-refractivity contribution < 1.29 is 18.1 Å². The Labute approximate surface area is 162 Å². The van der Waals surface area contributed by atoms with Crippen LogP contribution in [0.4, 0.5) is 5.69 Å². The third-order valence-corrected chi connectivity index (χ3v) is 7.04. The number of fused-ring (bicyclic) bond motifs is 1. The molecule has 0 spiro atoms. The molecule has 1 aliphatic heterocycles. The van der Waals surface area contributed by atoms with Gasteiger partial charge >= 0.3 is 0 Å². The van der Waals surface area contributed by atoms with E-state index >= 15 is 0 Å². The molecule has 1 saturated heterocycles. The van der Waals surface area contributed by atoms with Gasteiger partial charge in [0.2, 0.25) is 0 Å². The molecule has 0 saturated carbocycles. The van der Waals surface area contributed by atoms with Crippen LogP contribution >= 0.6 is 0 Å². The fourth-order valence-electron chi connectivity index (χ4n) is 3.80. The Morgan fingerprint density at radius 1 is 1.18 bits per heavy atom. The molecule has 0 unspecified atom stereocenters. The number of ether oxygens (including phenoxy) is 1. The van der Waals surface area contributed by atoms with Crippen LogP contribution in [0, 0.1) is 10.1 Å². The third kappa shape index (κ3) is 2.87. The second-order valence-corrected chi connectivity index (χ2v) is 8.93. The van der Waals surface area contributed by atoms with Crippen LogP contribution in [0.15, 0.2) is 53.7 Å². The van der Waals surface area contributed by atoms with E-state index in [2.05, 4.69) is 4.98 Å². The second-order valence-electron chi connectivity index (χ2n) is 7.12. The van der Waals surface area contributed by atoms with Gasteiger partial charge in [-0.3, -0.25) is 10.1 Å². The molecule has 1 aromatic carbocycles. The summed E-state index contributed by atoms with van der Waals surface area (Å²) < 4.78 is 32.6. The average Bonchev–Trinajstić information content (AvgIpc) is 3.13. The molecule has 1 aliphatic rings. The van der Waals surface area contributed by atoms with Gasteiger partial charge in [0.1, 0.15) is 6.20 Å². The maximum absolute atomic E-state index is 13.1. The van der Waals surface area contributed by atoms with Crippen molar-refractivity contribution in [3.05, 3.63) is 64.5 Å². The molecule has 4 rings (SSSR count). The van der Waals surface area contributed by atoms with Gasteiger partial charge in [-0.15, -0.1) is 0 Å². The van der Waals surface area contributed by atoms with E-state index in [0.717, 1.165) is 10.2 Å². The highest BCUT2D eigenvalue weighted by atomic mass is 32.2. The SMILES string of the molecule is CC1(c2c([N+](=O)[O-])cnc3c2ccn3S(=O)(=O)c2ccccc2)CCOCC1. The molecule has 0 aliphatic carbocycles.